The molecule has 1 aromatic rings. The fourth-order valence-corrected chi connectivity index (χ4v) is 5.15. The molecular formula is C21H27ClFN3O2. The van der Waals surface area contributed by atoms with E-state index in [2.05, 4.69) is 10.2 Å². The molecule has 3 heterocycles. The smallest absolute Gasteiger partial charge is 0.227 e. The number of carbonyl (C=O) groups is 2. The summed E-state index contributed by atoms with van der Waals surface area (Å²) in [7, 11) is 0. The van der Waals surface area contributed by atoms with E-state index in [1.807, 2.05) is 0 Å². The first-order chi connectivity index (χ1) is 13.5. The van der Waals surface area contributed by atoms with Crippen LogP contribution in [0.15, 0.2) is 18.2 Å². The monoisotopic (exact) mass is 407 g/mol. The molecule has 3 saturated heterocycles. The highest BCUT2D eigenvalue weighted by atomic mass is 35.5. The zero-order valence-corrected chi connectivity index (χ0v) is 16.8. The third-order valence-corrected chi connectivity index (χ3v) is 6.77. The largest absolute Gasteiger partial charge is 0.355 e. The first kappa shape index (κ1) is 19.6. The molecule has 2 amide bonds. The van der Waals surface area contributed by atoms with Crippen LogP contribution in [0.2, 0.25) is 5.02 Å². The lowest BCUT2D eigenvalue weighted by Crippen LogP contribution is -2.51. The minimum atomic E-state index is -0.518. The van der Waals surface area contributed by atoms with Crippen molar-refractivity contribution in [1.82, 2.24) is 10.2 Å². The Morgan fingerprint density at radius 3 is 2.86 bits per heavy atom. The van der Waals surface area contributed by atoms with Gasteiger partial charge in [-0.3, -0.25) is 9.59 Å². The van der Waals surface area contributed by atoms with Crippen molar-refractivity contribution in [2.45, 2.75) is 44.6 Å². The van der Waals surface area contributed by atoms with Gasteiger partial charge in [-0.05, 0) is 62.9 Å². The van der Waals surface area contributed by atoms with E-state index < -0.39 is 5.82 Å². The molecule has 4 rings (SSSR count). The zero-order chi connectivity index (χ0) is 19.7. The van der Waals surface area contributed by atoms with Crippen LogP contribution in [0, 0.1) is 17.7 Å². The second-order valence-corrected chi connectivity index (χ2v) is 8.66. The predicted octanol–water partition coefficient (Wildman–Crippen LogP) is 3.21. The number of nitrogens with one attached hydrogen (secondary N) is 1. The molecule has 0 spiro atoms. The van der Waals surface area contributed by atoms with Crippen molar-refractivity contribution in [3.8, 4) is 0 Å². The molecule has 28 heavy (non-hydrogen) atoms. The van der Waals surface area contributed by atoms with Gasteiger partial charge in [0.1, 0.15) is 5.82 Å². The highest BCUT2D eigenvalue weighted by Gasteiger charge is 2.37. The van der Waals surface area contributed by atoms with Gasteiger partial charge in [0.25, 0.3) is 0 Å². The lowest BCUT2D eigenvalue weighted by atomic mass is 9.83. The number of amides is 2. The molecule has 0 saturated carbocycles. The Kier molecular flexibility index (Phi) is 5.88. The number of hydrogen-bond donors (Lipinski definition) is 1. The fourth-order valence-electron chi connectivity index (χ4n) is 4.98. The lowest BCUT2D eigenvalue weighted by molar-refractivity contribution is -0.126. The minimum absolute atomic E-state index is 0.0208. The van der Waals surface area contributed by atoms with Gasteiger partial charge >= 0.3 is 0 Å². The van der Waals surface area contributed by atoms with Crippen molar-refractivity contribution in [3.63, 3.8) is 0 Å². The molecule has 5 nitrogen and oxygen atoms in total. The molecular weight excluding hydrogens is 381 g/mol. The van der Waals surface area contributed by atoms with Crippen LogP contribution in [0.25, 0.3) is 0 Å². The Morgan fingerprint density at radius 2 is 2.04 bits per heavy atom. The molecule has 0 bridgehead atoms. The van der Waals surface area contributed by atoms with Crippen LogP contribution in [0.5, 0.6) is 0 Å². The summed E-state index contributed by atoms with van der Waals surface area (Å²) in [6.45, 7) is 3.36. The third kappa shape index (κ3) is 4.03. The van der Waals surface area contributed by atoms with Gasteiger partial charge in [0.2, 0.25) is 11.8 Å². The Balaban J connectivity index is 1.34. The second kappa shape index (κ2) is 8.37. The Morgan fingerprint density at radius 1 is 1.21 bits per heavy atom. The quantitative estimate of drug-likeness (QED) is 0.833. The third-order valence-electron chi connectivity index (χ3n) is 6.48. The van der Waals surface area contributed by atoms with E-state index in [1.54, 1.807) is 0 Å². The van der Waals surface area contributed by atoms with Gasteiger partial charge in [-0.2, -0.15) is 0 Å². The molecule has 1 aromatic carbocycles. The number of nitrogens with zero attached hydrogens (tertiary/aromatic N) is 2. The van der Waals surface area contributed by atoms with Crippen molar-refractivity contribution in [2.24, 2.45) is 11.8 Å². The predicted molar refractivity (Wildman–Crippen MR) is 107 cm³/mol. The normalized spacial score (nSPS) is 28.3. The van der Waals surface area contributed by atoms with Crippen LogP contribution in [0.4, 0.5) is 10.1 Å². The molecule has 3 aliphatic heterocycles. The van der Waals surface area contributed by atoms with Crippen LogP contribution < -0.4 is 10.2 Å². The number of piperidine rings is 2. The molecule has 7 heteroatoms. The highest BCUT2D eigenvalue weighted by Crippen LogP contribution is 2.31. The Labute approximate surface area is 170 Å². The fraction of sp³-hybridized carbons (Fsp3) is 0.619. The van der Waals surface area contributed by atoms with Crippen LogP contribution in [-0.2, 0) is 9.59 Å². The average Bonchev–Trinajstić information content (AvgIpc) is 3.10. The van der Waals surface area contributed by atoms with E-state index in [-0.39, 0.29) is 29.2 Å². The number of rotatable bonds is 4. The average molecular weight is 408 g/mol. The van der Waals surface area contributed by atoms with Crippen molar-refractivity contribution in [2.75, 3.05) is 31.1 Å². The van der Waals surface area contributed by atoms with Crippen molar-refractivity contribution in [1.29, 1.82) is 0 Å². The molecule has 3 fully saturated rings. The summed E-state index contributed by atoms with van der Waals surface area (Å²) >= 11 is 5.83. The van der Waals surface area contributed by atoms with Gasteiger partial charge in [-0.1, -0.05) is 18.0 Å². The topological polar surface area (TPSA) is 52.7 Å². The number of hydrogen-bond acceptors (Lipinski definition) is 3. The van der Waals surface area contributed by atoms with Gasteiger partial charge in [-0.25, -0.2) is 4.39 Å². The van der Waals surface area contributed by atoms with Gasteiger partial charge < -0.3 is 15.1 Å². The van der Waals surface area contributed by atoms with E-state index in [9.17, 15) is 14.0 Å². The minimum Gasteiger partial charge on any atom is -0.355 e. The van der Waals surface area contributed by atoms with Gasteiger partial charge in [-0.15, -0.1) is 0 Å². The van der Waals surface area contributed by atoms with Gasteiger partial charge in [0, 0.05) is 31.2 Å². The standard InChI is InChI=1S/C21H27ClFN3O2/c22-17-11-16(6-7-18(17)23)26-13-15(10-20(26)27)21(28)24-12-14-4-3-9-25-8-2-1-5-19(14)25/h6-7,11,14-15,19H,1-5,8-10,12-13H2,(H,24,28)/t14-,15+,19-/m1/s1. The molecule has 0 radical (unpaired) electrons. The summed E-state index contributed by atoms with van der Waals surface area (Å²) in [6, 6.07) is 4.80. The number of carbonyl (C=O) groups excluding carboxylic acids is 2. The van der Waals surface area contributed by atoms with Crippen LogP contribution in [0.3, 0.4) is 0 Å². The summed E-state index contributed by atoms with van der Waals surface area (Å²) in [5.74, 6) is -0.573. The SMILES string of the molecule is O=C(NC[C@H]1CCCN2CCCC[C@H]12)[C@H]1CC(=O)N(c2ccc(F)c(Cl)c2)C1. The van der Waals surface area contributed by atoms with Crippen molar-refractivity contribution >= 4 is 29.1 Å². The molecule has 0 aromatic heterocycles. The molecule has 1 N–H and O–H groups in total. The van der Waals surface area contributed by atoms with Crippen molar-refractivity contribution in [3.05, 3.63) is 29.0 Å². The Hall–Kier alpha value is -1.66. The van der Waals surface area contributed by atoms with Gasteiger partial charge in [0.05, 0.1) is 10.9 Å². The summed E-state index contributed by atoms with van der Waals surface area (Å²) in [4.78, 5) is 29.2. The molecule has 0 aliphatic carbocycles. The molecule has 3 atom stereocenters. The van der Waals surface area contributed by atoms with E-state index in [4.69, 9.17) is 11.6 Å². The maximum atomic E-state index is 13.4. The molecule has 3 aliphatic rings. The van der Waals surface area contributed by atoms with Crippen LogP contribution >= 0.6 is 11.6 Å². The number of fused-ring (bicyclic) bond motifs is 1. The first-order valence-corrected chi connectivity index (χ1v) is 10.7. The zero-order valence-electron chi connectivity index (χ0n) is 16.0. The summed E-state index contributed by atoms with van der Waals surface area (Å²) in [5, 5.41) is 3.09. The first-order valence-electron chi connectivity index (χ1n) is 10.3. The van der Waals surface area contributed by atoms with E-state index in [1.165, 1.54) is 61.9 Å². The number of halogens is 2. The highest BCUT2D eigenvalue weighted by molar-refractivity contribution is 6.31. The lowest BCUT2D eigenvalue weighted by Gasteiger charge is -2.44. The summed E-state index contributed by atoms with van der Waals surface area (Å²) in [6.07, 6.45) is 6.31. The summed E-state index contributed by atoms with van der Waals surface area (Å²) in [5.41, 5.74) is 0.539. The summed E-state index contributed by atoms with van der Waals surface area (Å²) < 4.78 is 13.4. The second-order valence-electron chi connectivity index (χ2n) is 8.25. The van der Waals surface area contributed by atoms with E-state index in [0.29, 0.717) is 30.7 Å². The van der Waals surface area contributed by atoms with Crippen molar-refractivity contribution < 1.29 is 14.0 Å². The maximum absolute atomic E-state index is 13.4. The molecule has 152 valence electrons. The van der Waals surface area contributed by atoms with E-state index in [0.717, 1.165) is 6.42 Å². The van der Waals surface area contributed by atoms with E-state index >= 15 is 0 Å². The number of benzene rings is 1. The Bertz CT molecular complexity index is 757. The maximum Gasteiger partial charge on any atom is 0.227 e. The molecule has 0 unspecified atom stereocenters. The van der Waals surface area contributed by atoms with Crippen LogP contribution in [-0.4, -0.2) is 48.9 Å². The number of anilines is 1. The van der Waals surface area contributed by atoms with Crippen LogP contribution in [0.1, 0.15) is 38.5 Å². The van der Waals surface area contributed by atoms with Gasteiger partial charge in [0.15, 0.2) is 0 Å².